The van der Waals surface area contributed by atoms with Crippen molar-refractivity contribution in [2.24, 2.45) is 0 Å². The number of rotatable bonds is 58. The molecule has 6 nitrogen and oxygen atoms in total. The normalized spacial score (nSPS) is 13.3. The fraction of sp³-hybridized carbons (Fsp3) is 0.571. The predicted octanol–water partition coefficient (Wildman–Crippen LogP) is 23.2. The molecule has 0 N–H and O–H groups in total. The zero-order chi connectivity index (χ0) is 59.9. The SMILES string of the molecule is CC/C=C\C/C=C\C/C=C\C/C=C\C/C=C\C/C=C\C/C=C\CCCCCC(=O)OCC(COC(=O)CCC/C=C\C/C=C\C/C=C\C/C=C\C/C=C\CC)OC(=O)CCCCCCCCCC/C=C\C/C=C\C/C=C\CCCCCCC. The van der Waals surface area contributed by atoms with Gasteiger partial charge in [-0.05, 0) is 154 Å². The van der Waals surface area contributed by atoms with Gasteiger partial charge in [0.1, 0.15) is 13.2 Å². The Balaban J connectivity index is 4.56. The largest absolute Gasteiger partial charge is 0.462 e. The molecule has 0 radical (unpaired) electrons. The summed E-state index contributed by atoms with van der Waals surface area (Å²) in [5, 5.41) is 0. The van der Waals surface area contributed by atoms with Gasteiger partial charge in [-0.15, -0.1) is 0 Å². The van der Waals surface area contributed by atoms with Crippen molar-refractivity contribution < 1.29 is 28.6 Å². The first kappa shape index (κ1) is 77.5. The molecule has 0 rings (SSSR count). The van der Waals surface area contributed by atoms with Crippen molar-refractivity contribution in [1.82, 2.24) is 0 Å². The third kappa shape index (κ3) is 67.2. The summed E-state index contributed by atoms with van der Waals surface area (Å²) in [6.07, 6.45) is 103. The highest BCUT2D eigenvalue weighted by molar-refractivity contribution is 5.71. The van der Waals surface area contributed by atoms with Crippen LogP contribution in [0.2, 0.25) is 0 Å². The molecule has 0 saturated carbocycles. The quantitative estimate of drug-likeness (QED) is 0.0261. The fourth-order valence-electron chi connectivity index (χ4n) is 8.46. The summed E-state index contributed by atoms with van der Waals surface area (Å²) in [4.78, 5) is 38.4. The Hall–Kier alpha value is -5.49. The van der Waals surface area contributed by atoms with Crippen molar-refractivity contribution in [3.8, 4) is 0 Å². The Morgan fingerprint density at radius 2 is 0.482 bits per heavy atom. The molecule has 0 aromatic carbocycles. The van der Waals surface area contributed by atoms with Crippen LogP contribution in [0, 0.1) is 0 Å². The molecule has 0 spiro atoms. The lowest BCUT2D eigenvalue weighted by molar-refractivity contribution is -0.167. The molecule has 83 heavy (non-hydrogen) atoms. The second kappa shape index (κ2) is 69.0. The van der Waals surface area contributed by atoms with Crippen molar-refractivity contribution >= 4 is 17.9 Å². The van der Waals surface area contributed by atoms with E-state index < -0.39 is 6.10 Å². The summed E-state index contributed by atoms with van der Waals surface area (Å²) in [5.41, 5.74) is 0. The summed E-state index contributed by atoms with van der Waals surface area (Å²) in [5.74, 6) is -1.03. The minimum atomic E-state index is -0.832. The van der Waals surface area contributed by atoms with Crippen molar-refractivity contribution in [2.45, 2.75) is 271 Å². The zero-order valence-electron chi connectivity index (χ0n) is 53.1. The molecule has 464 valence electrons. The van der Waals surface area contributed by atoms with Crippen molar-refractivity contribution in [1.29, 1.82) is 0 Å². The van der Waals surface area contributed by atoms with Gasteiger partial charge in [-0.3, -0.25) is 14.4 Å². The first-order valence-corrected chi connectivity index (χ1v) is 33.3. The molecule has 0 aromatic rings. The smallest absolute Gasteiger partial charge is 0.306 e. The van der Waals surface area contributed by atoms with Crippen LogP contribution in [0.25, 0.3) is 0 Å². The van der Waals surface area contributed by atoms with E-state index in [0.29, 0.717) is 19.3 Å². The average Bonchev–Trinajstić information content (AvgIpc) is 3.49. The van der Waals surface area contributed by atoms with Crippen molar-refractivity contribution in [2.75, 3.05) is 13.2 Å². The number of hydrogen-bond acceptors (Lipinski definition) is 6. The topological polar surface area (TPSA) is 78.9 Å². The van der Waals surface area contributed by atoms with E-state index in [-0.39, 0.29) is 37.5 Å². The highest BCUT2D eigenvalue weighted by Gasteiger charge is 2.19. The summed E-state index contributed by atoms with van der Waals surface area (Å²) < 4.78 is 16.9. The van der Waals surface area contributed by atoms with Crippen LogP contribution in [0.15, 0.2) is 182 Å². The molecule has 0 aliphatic carbocycles. The molecular formula is C77H120O6. The van der Waals surface area contributed by atoms with Crippen LogP contribution in [0.3, 0.4) is 0 Å². The van der Waals surface area contributed by atoms with Gasteiger partial charge in [-0.2, -0.15) is 0 Å². The van der Waals surface area contributed by atoms with Gasteiger partial charge in [0.2, 0.25) is 0 Å². The van der Waals surface area contributed by atoms with Crippen LogP contribution < -0.4 is 0 Å². The standard InChI is InChI=1S/C77H120O6/c1-4-7-10-13-16-19-22-25-28-31-33-35-37-38-40-41-43-46-49-52-55-58-61-64-67-70-76(79)82-73-74(72-81-75(78)69-66-63-60-57-54-51-48-45-30-27-24-21-18-15-12-9-6-3)83-77(80)71-68-65-62-59-56-53-50-47-44-42-39-36-34-32-29-26-23-20-17-14-11-8-5-2/h7,9-10,12,16,18-19,21,23,25-28,30,32-35,38-40,42-43,46,48,51-52,55,57,60,74H,4-6,8,11,13-15,17,20,22,24,29,31,36-37,41,44-45,47,49-50,53-54,56,58-59,61-73H2,1-3H3/b10-7-,12-9-,19-16-,21-18-,26-23-,28-25-,30-27-,34-32-,35-33-,40-38-,42-39-,46-43-,51-48-,55-52-,60-57-. The van der Waals surface area contributed by atoms with Crippen LogP contribution in [-0.2, 0) is 28.6 Å². The van der Waals surface area contributed by atoms with E-state index in [1.807, 2.05) is 0 Å². The number of carbonyl (C=O) groups excluding carboxylic acids is 3. The van der Waals surface area contributed by atoms with E-state index in [4.69, 9.17) is 14.2 Å². The van der Waals surface area contributed by atoms with E-state index in [1.54, 1.807) is 0 Å². The van der Waals surface area contributed by atoms with E-state index in [9.17, 15) is 14.4 Å². The molecule has 6 heteroatoms. The van der Waals surface area contributed by atoms with Crippen molar-refractivity contribution in [3.63, 3.8) is 0 Å². The number of allylic oxidation sites excluding steroid dienone is 30. The summed E-state index contributed by atoms with van der Waals surface area (Å²) >= 11 is 0. The van der Waals surface area contributed by atoms with Gasteiger partial charge in [-0.1, -0.05) is 274 Å². The molecule has 0 aliphatic heterocycles. The Morgan fingerprint density at radius 3 is 0.795 bits per heavy atom. The molecule has 1 atom stereocenters. The molecule has 0 fully saturated rings. The van der Waals surface area contributed by atoms with Gasteiger partial charge < -0.3 is 14.2 Å². The summed E-state index contributed by atoms with van der Waals surface area (Å²) in [6, 6.07) is 0. The lowest BCUT2D eigenvalue weighted by Crippen LogP contribution is -2.30. The van der Waals surface area contributed by atoms with Crippen LogP contribution in [0.4, 0.5) is 0 Å². The highest BCUT2D eigenvalue weighted by atomic mass is 16.6. The molecule has 0 saturated heterocycles. The Labute approximate surface area is 510 Å². The number of esters is 3. The zero-order valence-corrected chi connectivity index (χ0v) is 53.1. The maximum absolute atomic E-state index is 12.9. The Bertz CT molecular complexity index is 1940. The lowest BCUT2D eigenvalue weighted by atomic mass is 10.1. The van der Waals surface area contributed by atoms with Gasteiger partial charge in [0.15, 0.2) is 6.10 Å². The van der Waals surface area contributed by atoms with E-state index in [2.05, 4.69) is 203 Å². The number of unbranched alkanes of at least 4 members (excludes halogenated alkanes) is 17. The second-order valence-corrected chi connectivity index (χ2v) is 21.3. The van der Waals surface area contributed by atoms with Crippen molar-refractivity contribution in [3.05, 3.63) is 182 Å². The van der Waals surface area contributed by atoms with E-state index in [1.165, 1.54) is 70.6 Å². The van der Waals surface area contributed by atoms with Gasteiger partial charge in [0.05, 0.1) is 0 Å². The van der Waals surface area contributed by atoms with Crippen LogP contribution in [-0.4, -0.2) is 37.2 Å². The lowest BCUT2D eigenvalue weighted by Gasteiger charge is -2.18. The minimum absolute atomic E-state index is 0.126. The maximum atomic E-state index is 12.9. The summed E-state index contributed by atoms with van der Waals surface area (Å²) in [6.45, 7) is 6.31. The van der Waals surface area contributed by atoms with Gasteiger partial charge in [0, 0.05) is 19.3 Å². The first-order valence-electron chi connectivity index (χ1n) is 33.3. The fourth-order valence-corrected chi connectivity index (χ4v) is 8.46. The monoisotopic (exact) mass is 1140 g/mol. The first-order chi connectivity index (χ1) is 41.0. The molecule has 1 unspecified atom stereocenters. The number of hydrogen-bond donors (Lipinski definition) is 0. The number of carbonyl (C=O) groups is 3. The van der Waals surface area contributed by atoms with Crippen LogP contribution in [0.1, 0.15) is 265 Å². The number of ether oxygens (including phenoxy) is 3. The molecule has 0 aromatic heterocycles. The molecule has 0 aliphatic rings. The second-order valence-electron chi connectivity index (χ2n) is 21.3. The Kier molecular flexibility index (Phi) is 64.4. The van der Waals surface area contributed by atoms with Gasteiger partial charge in [-0.25, -0.2) is 0 Å². The minimum Gasteiger partial charge on any atom is -0.462 e. The van der Waals surface area contributed by atoms with E-state index >= 15 is 0 Å². The third-order valence-electron chi connectivity index (χ3n) is 13.4. The maximum Gasteiger partial charge on any atom is 0.306 e. The predicted molar refractivity (Wildman–Crippen MR) is 361 cm³/mol. The molecule has 0 amide bonds. The average molecular weight is 1140 g/mol. The molecule has 0 bridgehead atoms. The van der Waals surface area contributed by atoms with Gasteiger partial charge in [0.25, 0.3) is 0 Å². The van der Waals surface area contributed by atoms with Gasteiger partial charge >= 0.3 is 17.9 Å². The summed E-state index contributed by atoms with van der Waals surface area (Å²) in [7, 11) is 0. The molecular weight excluding hydrogens is 1020 g/mol. The third-order valence-corrected chi connectivity index (χ3v) is 13.4. The van der Waals surface area contributed by atoms with E-state index in [0.717, 1.165) is 148 Å². The van der Waals surface area contributed by atoms with Crippen LogP contribution in [0.5, 0.6) is 0 Å². The molecule has 0 heterocycles. The van der Waals surface area contributed by atoms with Crippen LogP contribution >= 0.6 is 0 Å². The Morgan fingerprint density at radius 1 is 0.253 bits per heavy atom. The highest BCUT2D eigenvalue weighted by Crippen LogP contribution is 2.14.